The Morgan fingerprint density at radius 1 is 1.47 bits per heavy atom. The van der Waals surface area contributed by atoms with Crippen LogP contribution in [-0.4, -0.2) is 47.1 Å². The minimum Gasteiger partial charge on any atom is -0.481 e. The largest absolute Gasteiger partial charge is 0.481 e. The van der Waals surface area contributed by atoms with Gasteiger partial charge in [-0.1, -0.05) is 0 Å². The van der Waals surface area contributed by atoms with Crippen molar-refractivity contribution in [2.45, 2.75) is 38.1 Å². The van der Waals surface area contributed by atoms with Crippen LogP contribution in [0.4, 0.5) is 0 Å². The Labute approximate surface area is 96.2 Å². The lowest BCUT2D eigenvalue weighted by molar-refractivity contribution is -0.138. The molecule has 15 heavy (non-hydrogen) atoms. The maximum Gasteiger partial charge on any atom is 0.304 e. The van der Waals surface area contributed by atoms with E-state index < -0.39 is 5.97 Å². The molecule has 1 atom stereocenters. The standard InChI is InChI=1S/C11H21NO2S/c1-15-8-4-5-10(9-11(13)14)12-6-2-3-7-12/h10H,2-9H2,1H3,(H,13,14). The highest BCUT2D eigenvalue weighted by molar-refractivity contribution is 7.98. The monoisotopic (exact) mass is 231 g/mol. The van der Waals surface area contributed by atoms with Crippen LogP contribution < -0.4 is 0 Å². The number of aliphatic carboxylic acids is 1. The molecule has 1 rings (SSSR count). The van der Waals surface area contributed by atoms with Gasteiger partial charge in [0.15, 0.2) is 0 Å². The first-order valence-corrected chi connectivity index (χ1v) is 7.08. The van der Waals surface area contributed by atoms with Crippen LogP contribution in [0, 0.1) is 0 Å². The SMILES string of the molecule is CSCCCC(CC(=O)O)N1CCCC1. The third-order valence-corrected chi connectivity index (χ3v) is 3.65. The van der Waals surface area contributed by atoms with Crippen LogP contribution in [0.5, 0.6) is 0 Å². The Balaban J connectivity index is 2.33. The number of carboxylic acids is 1. The summed E-state index contributed by atoms with van der Waals surface area (Å²) in [7, 11) is 0. The number of nitrogens with zero attached hydrogens (tertiary/aromatic N) is 1. The van der Waals surface area contributed by atoms with Gasteiger partial charge in [0.2, 0.25) is 0 Å². The number of hydrogen-bond donors (Lipinski definition) is 1. The summed E-state index contributed by atoms with van der Waals surface area (Å²) in [6.07, 6.45) is 7.05. The van der Waals surface area contributed by atoms with E-state index in [1.807, 2.05) is 11.8 Å². The number of hydrogen-bond acceptors (Lipinski definition) is 3. The molecular weight excluding hydrogens is 210 g/mol. The normalized spacial score (nSPS) is 19.3. The number of carbonyl (C=O) groups is 1. The Bertz CT molecular complexity index is 193. The zero-order chi connectivity index (χ0) is 11.1. The van der Waals surface area contributed by atoms with E-state index in [1.165, 1.54) is 12.8 Å². The van der Waals surface area contributed by atoms with Gasteiger partial charge < -0.3 is 5.11 Å². The fraction of sp³-hybridized carbons (Fsp3) is 0.909. The van der Waals surface area contributed by atoms with Gasteiger partial charge in [-0.25, -0.2) is 0 Å². The van der Waals surface area contributed by atoms with Gasteiger partial charge in [0.1, 0.15) is 0 Å². The molecule has 4 heteroatoms. The van der Waals surface area contributed by atoms with Crippen molar-refractivity contribution >= 4 is 17.7 Å². The van der Waals surface area contributed by atoms with E-state index in [0.717, 1.165) is 31.7 Å². The lowest BCUT2D eigenvalue weighted by atomic mass is 10.1. The zero-order valence-corrected chi connectivity index (χ0v) is 10.3. The number of rotatable bonds is 7. The molecule has 88 valence electrons. The van der Waals surface area contributed by atoms with Crippen molar-refractivity contribution in [1.82, 2.24) is 4.90 Å². The smallest absolute Gasteiger partial charge is 0.304 e. The average Bonchev–Trinajstić information content (AvgIpc) is 2.68. The summed E-state index contributed by atoms with van der Waals surface area (Å²) in [6.45, 7) is 2.19. The second-order valence-electron chi connectivity index (χ2n) is 4.13. The molecule has 0 radical (unpaired) electrons. The predicted molar refractivity (Wildman–Crippen MR) is 64.5 cm³/mol. The van der Waals surface area contributed by atoms with Crippen molar-refractivity contribution in [1.29, 1.82) is 0 Å². The number of likely N-dealkylation sites (tertiary alicyclic amines) is 1. The van der Waals surface area contributed by atoms with E-state index >= 15 is 0 Å². The molecule has 0 aromatic rings. The topological polar surface area (TPSA) is 40.5 Å². The molecule has 3 nitrogen and oxygen atoms in total. The summed E-state index contributed by atoms with van der Waals surface area (Å²) in [5.74, 6) is 0.486. The molecule has 1 N–H and O–H groups in total. The van der Waals surface area contributed by atoms with Crippen LogP contribution >= 0.6 is 11.8 Å². The summed E-state index contributed by atoms with van der Waals surface area (Å²) < 4.78 is 0. The van der Waals surface area contributed by atoms with Crippen molar-refractivity contribution in [3.63, 3.8) is 0 Å². The van der Waals surface area contributed by atoms with Crippen LogP contribution in [0.3, 0.4) is 0 Å². The van der Waals surface area contributed by atoms with Crippen LogP contribution in [-0.2, 0) is 4.79 Å². The summed E-state index contributed by atoms with van der Waals surface area (Å²) in [4.78, 5) is 13.1. The number of thioether (sulfide) groups is 1. The molecule has 0 aromatic carbocycles. The van der Waals surface area contributed by atoms with Crippen LogP contribution in [0.1, 0.15) is 32.1 Å². The zero-order valence-electron chi connectivity index (χ0n) is 9.45. The van der Waals surface area contributed by atoms with E-state index in [9.17, 15) is 4.79 Å². The maximum atomic E-state index is 10.8. The van der Waals surface area contributed by atoms with Crippen molar-refractivity contribution in [2.75, 3.05) is 25.1 Å². The van der Waals surface area contributed by atoms with E-state index in [2.05, 4.69) is 11.2 Å². The minimum absolute atomic E-state index is 0.275. The maximum absolute atomic E-state index is 10.8. The van der Waals surface area contributed by atoms with Crippen LogP contribution in [0.15, 0.2) is 0 Å². The fourth-order valence-electron chi connectivity index (χ4n) is 2.19. The Morgan fingerprint density at radius 2 is 2.13 bits per heavy atom. The third kappa shape index (κ3) is 4.89. The fourth-order valence-corrected chi connectivity index (χ4v) is 2.64. The second kappa shape index (κ2) is 7.12. The summed E-state index contributed by atoms with van der Waals surface area (Å²) in [5, 5.41) is 8.87. The molecule has 0 saturated carbocycles. The van der Waals surface area contributed by atoms with Crippen molar-refractivity contribution in [3.8, 4) is 0 Å². The molecule has 1 heterocycles. The summed E-state index contributed by atoms with van der Waals surface area (Å²) in [5.41, 5.74) is 0. The molecule has 0 aromatic heterocycles. The third-order valence-electron chi connectivity index (χ3n) is 2.95. The van der Waals surface area contributed by atoms with Crippen LogP contribution in [0.2, 0.25) is 0 Å². The minimum atomic E-state index is -0.656. The molecule has 0 amide bonds. The molecule has 1 unspecified atom stereocenters. The van der Waals surface area contributed by atoms with Gasteiger partial charge in [0.05, 0.1) is 6.42 Å². The van der Waals surface area contributed by atoms with Crippen LogP contribution in [0.25, 0.3) is 0 Å². The highest BCUT2D eigenvalue weighted by Gasteiger charge is 2.23. The molecule has 0 bridgehead atoms. The summed E-state index contributed by atoms with van der Waals surface area (Å²) >= 11 is 1.84. The van der Waals surface area contributed by atoms with Gasteiger partial charge in [-0.15, -0.1) is 0 Å². The first-order chi connectivity index (χ1) is 7.24. The lowest BCUT2D eigenvalue weighted by Crippen LogP contribution is -2.34. The van der Waals surface area contributed by atoms with E-state index in [1.54, 1.807) is 0 Å². The van der Waals surface area contributed by atoms with Gasteiger partial charge in [-0.05, 0) is 50.8 Å². The van der Waals surface area contributed by atoms with E-state index in [0.29, 0.717) is 6.42 Å². The van der Waals surface area contributed by atoms with Gasteiger partial charge >= 0.3 is 5.97 Å². The molecule has 1 aliphatic rings. The first kappa shape index (κ1) is 12.8. The molecular formula is C11H21NO2S. The average molecular weight is 231 g/mol. The number of carboxylic acid groups (broad SMARTS) is 1. The molecule has 1 aliphatic heterocycles. The Morgan fingerprint density at radius 3 is 2.67 bits per heavy atom. The Kier molecular flexibility index (Phi) is 6.10. The Hall–Kier alpha value is -0.220. The van der Waals surface area contributed by atoms with Crippen molar-refractivity contribution in [2.24, 2.45) is 0 Å². The van der Waals surface area contributed by atoms with E-state index in [4.69, 9.17) is 5.11 Å². The first-order valence-electron chi connectivity index (χ1n) is 5.69. The second-order valence-corrected chi connectivity index (χ2v) is 5.12. The van der Waals surface area contributed by atoms with Gasteiger partial charge in [-0.3, -0.25) is 9.69 Å². The van der Waals surface area contributed by atoms with Gasteiger partial charge in [0, 0.05) is 6.04 Å². The molecule has 0 spiro atoms. The molecule has 1 saturated heterocycles. The van der Waals surface area contributed by atoms with Gasteiger partial charge in [0.25, 0.3) is 0 Å². The lowest BCUT2D eigenvalue weighted by Gasteiger charge is -2.26. The molecule has 0 aliphatic carbocycles. The van der Waals surface area contributed by atoms with Gasteiger partial charge in [-0.2, -0.15) is 11.8 Å². The predicted octanol–water partition coefficient (Wildman–Crippen LogP) is 2.07. The van der Waals surface area contributed by atoms with Crippen molar-refractivity contribution in [3.05, 3.63) is 0 Å². The highest BCUT2D eigenvalue weighted by Crippen LogP contribution is 2.18. The quantitative estimate of drug-likeness (QED) is 0.681. The van der Waals surface area contributed by atoms with Crippen molar-refractivity contribution < 1.29 is 9.90 Å². The summed E-state index contributed by atoms with van der Waals surface area (Å²) in [6, 6.07) is 0.275. The highest BCUT2D eigenvalue weighted by atomic mass is 32.2. The molecule has 1 fully saturated rings. The van der Waals surface area contributed by atoms with E-state index in [-0.39, 0.29) is 6.04 Å².